The number of hydrogen-bond acceptors (Lipinski definition) is 3. The summed E-state index contributed by atoms with van der Waals surface area (Å²) in [6.45, 7) is 1.95. The second-order valence-corrected chi connectivity index (χ2v) is 8.45. The third-order valence-electron chi connectivity index (χ3n) is 6.56. The van der Waals surface area contributed by atoms with Gasteiger partial charge in [-0.15, -0.1) is 0 Å². The lowest BCUT2D eigenvalue weighted by molar-refractivity contribution is -0.146. The molecule has 1 heterocycles. The molecule has 2 aromatic carbocycles. The fourth-order valence-electron chi connectivity index (χ4n) is 4.80. The normalized spacial score (nSPS) is 19.7. The zero-order valence-electron chi connectivity index (χ0n) is 17.2. The van der Waals surface area contributed by atoms with Gasteiger partial charge >= 0.3 is 0 Å². The molecule has 1 aliphatic heterocycles. The van der Waals surface area contributed by atoms with Crippen molar-refractivity contribution in [2.75, 3.05) is 20.1 Å². The zero-order chi connectivity index (χ0) is 20.2. The number of benzene rings is 2. The lowest BCUT2D eigenvalue weighted by atomic mass is 10.00. The minimum absolute atomic E-state index is 0.126. The van der Waals surface area contributed by atoms with Gasteiger partial charge < -0.3 is 4.90 Å². The molecule has 2 aromatic rings. The van der Waals surface area contributed by atoms with E-state index in [1.54, 1.807) is 11.9 Å². The third kappa shape index (κ3) is 4.59. The maximum Gasteiger partial charge on any atom is 0.289 e. The van der Waals surface area contributed by atoms with Gasteiger partial charge in [0.2, 0.25) is 5.78 Å². The molecule has 0 spiro atoms. The Bertz CT molecular complexity index is 839. The highest BCUT2D eigenvalue weighted by atomic mass is 16.2. The minimum atomic E-state index is -0.331. The summed E-state index contributed by atoms with van der Waals surface area (Å²) in [6.07, 6.45) is 5.14. The third-order valence-corrected chi connectivity index (χ3v) is 6.56. The summed E-state index contributed by atoms with van der Waals surface area (Å²) < 4.78 is 0. The van der Waals surface area contributed by atoms with Gasteiger partial charge in [0.25, 0.3) is 5.91 Å². The van der Waals surface area contributed by atoms with Gasteiger partial charge in [0.15, 0.2) is 0 Å². The fourth-order valence-corrected chi connectivity index (χ4v) is 4.80. The summed E-state index contributed by atoms with van der Waals surface area (Å²) in [7, 11) is 1.81. The predicted molar refractivity (Wildman–Crippen MR) is 115 cm³/mol. The molecule has 0 bridgehead atoms. The van der Waals surface area contributed by atoms with Crippen molar-refractivity contribution in [3.63, 3.8) is 0 Å². The van der Waals surface area contributed by atoms with Crippen molar-refractivity contribution in [2.45, 2.75) is 50.6 Å². The summed E-state index contributed by atoms with van der Waals surface area (Å²) in [4.78, 5) is 29.5. The number of amides is 1. The monoisotopic (exact) mass is 390 g/mol. The minimum Gasteiger partial charge on any atom is -0.335 e. The Morgan fingerprint density at radius 1 is 1.00 bits per heavy atom. The van der Waals surface area contributed by atoms with Crippen LogP contribution < -0.4 is 0 Å². The summed E-state index contributed by atoms with van der Waals surface area (Å²) >= 11 is 0. The first-order valence-corrected chi connectivity index (χ1v) is 10.8. The van der Waals surface area contributed by atoms with Gasteiger partial charge in [-0.2, -0.15) is 0 Å². The number of piperidine rings is 1. The van der Waals surface area contributed by atoms with Crippen molar-refractivity contribution in [3.8, 4) is 0 Å². The van der Waals surface area contributed by atoms with Gasteiger partial charge in [-0.25, -0.2) is 0 Å². The highest BCUT2D eigenvalue weighted by Gasteiger charge is 2.33. The molecule has 4 heteroatoms. The Morgan fingerprint density at radius 2 is 1.66 bits per heavy atom. The maximum atomic E-state index is 12.7. The number of aryl methyl sites for hydroxylation is 1. The van der Waals surface area contributed by atoms with E-state index in [2.05, 4.69) is 29.2 Å². The molecule has 0 radical (unpaired) electrons. The molecule has 29 heavy (non-hydrogen) atoms. The van der Waals surface area contributed by atoms with Gasteiger partial charge in [-0.05, 0) is 55.3 Å². The van der Waals surface area contributed by atoms with Crippen LogP contribution in [0.5, 0.6) is 0 Å². The fraction of sp³-hybridized carbons (Fsp3) is 0.440. The SMILES string of the molecule is CN(C(=O)C(=O)CCc1ccccc1)[C@@H]1CCCN(C2Cc3ccccc3C2)C1. The Labute approximate surface area is 173 Å². The quantitative estimate of drug-likeness (QED) is 0.711. The largest absolute Gasteiger partial charge is 0.335 e. The first kappa shape index (κ1) is 19.8. The second-order valence-electron chi connectivity index (χ2n) is 8.45. The number of carbonyl (C=O) groups excluding carboxylic acids is 2. The van der Waals surface area contributed by atoms with E-state index in [0.717, 1.165) is 44.3 Å². The molecule has 4 nitrogen and oxygen atoms in total. The van der Waals surface area contributed by atoms with Crippen molar-refractivity contribution in [1.29, 1.82) is 0 Å². The Hall–Kier alpha value is -2.46. The average molecular weight is 391 g/mol. The molecular weight excluding hydrogens is 360 g/mol. The van der Waals surface area contributed by atoms with E-state index in [9.17, 15) is 9.59 Å². The Morgan fingerprint density at radius 3 is 2.34 bits per heavy atom. The lowest BCUT2D eigenvalue weighted by Gasteiger charge is -2.40. The average Bonchev–Trinajstić information content (AvgIpc) is 3.21. The number of fused-ring (bicyclic) bond motifs is 1. The van der Waals surface area contributed by atoms with Crippen LogP contribution in [-0.4, -0.2) is 53.7 Å². The van der Waals surface area contributed by atoms with E-state index in [0.29, 0.717) is 12.5 Å². The first-order chi connectivity index (χ1) is 14.1. The van der Waals surface area contributed by atoms with Crippen LogP contribution in [-0.2, 0) is 28.9 Å². The first-order valence-electron chi connectivity index (χ1n) is 10.8. The summed E-state index contributed by atoms with van der Waals surface area (Å²) in [5, 5.41) is 0. The van der Waals surface area contributed by atoms with Crippen LogP contribution in [0.4, 0.5) is 0 Å². The van der Waals surface area contributed by atoms with Crippen LogP contribution in [0.15, 0.2) is 54.6 Å². The number of Topliss-reactive ketones (excluding diaryl/α,β-unsaturated/α-hetero) is 1. The molecule has 2 aliphatic rings. The van der Waals surface area contributed by atoms with Crippen molar-refractivity contribution >= 4 is 11.7 Å². The molecule has 0 unspecified atom stereocenters. The van der Waals surface area contributed by atoms with Crippen molar-refractivity contribution in [3.05, 3.63) is 71.3 Å². The number of likely N-dealkylation sites (tertiary alicyclic amines) is 1. The van der Waals surface area contributed by atoms with E-state index >= 15 is 0 Å². The molecule has 1 amide bonds. The molecule has 4 rings (SSSR count). The highest BCUT2D eigenvalue weighted by Crippen LogP contribution is 2.28. The van der Waals surface area contributed by atoms with E-state index in [-0.39, 0.29) is 24.2 Å². The standard InChI is InChI=1S/C25H30N2O2/c1-26(25(29)24(28)14-13-19-8-3-2-4-9-19)22-12-7-15-27(18-22)23-16-20-10-5-6-11-21(20)17-23/h2-6,8-11,22-23H,7,12-18H2,1H3/t22-/m1/s1. The van der Waals surface area contributed by atoms with Crippen LogP contribution >= 0.6 is 0 Å². The van der Waals surface area contributed by atoms with E-state index in [4.69, 9.17) is 0 Å². The van der Waals surface area contributed by atoms with Gasteiger partial charge in [-0.3, -0.25) is 14.5 Å². The Kier molecular flexibility index (Phi) is 6.10. The molecule has 0 N–H and O–H groups in total. The second kappa shape index (κ2) is 8.91. The van der Waals surface area contributed by atoms with Crippen LogP contribution in [0.1, 0.15) is 36.0 Å². The topological polar surface area (TPSA) is 40.6 Å². The van der Waals surface area contributed by atoms with Crippen LogP contribution in [0, 0.1) is 0 Å². The van der Waals surface area contributed by atoms with E-state index < -0.39 is 0 Å². The van der Waals surface area contributed by atoms with Gasteiger partial charge in [-0.1, -0.05) is 54.6 Å². The van der Waals surface area contributed by atoms with Crippen LogP contribution in [0.2, 0.25) is 0 Å². The smallest absolute Gasteiger partial charge is 0.289 e. The van der Waals surface area contributed by atoms with Crippen molar-refractivity contribution in [2.24, 2.45) is 0 Å². The van der Waals surface area contributed by atoms with Crippen LogP contribution in [0.25, 0.3) is 0 Å². The molecule has 1 fully saturated rings. The van der Waals surface area contributed by atoms with Gasteiger partial charge in [0.05, 0.1) is 0 Å². The molecular formula is C25H30N2O2. The molecule has 1 atom stereocenters. The molecule has 1 aliphatic carbocycles. The van der Waals surface area contributed by atoms with Crippen molar-refractivity contribution < 1.29 is 9.59 Å². The predicted octanol–water partition coefficient (Wildman–Crippen LogP) is 3.28. The summed E-state index contributed by atoms with van der Waals surface area (Å²) in [5.74, 6) is -0.607. The van der Waals surface area contributed by atoms with Crippen molar-refractivity contribution in [1.82, 2.24) is 9.80 Å². The number of hydrogen-bond donors (Lipinski definition) is 0. The number of rotatable bonds is 6. The van der Waals surface area contributed by atoms with E-state index in [1.807, 2.05) is 30.3 Å². The molecule has 152 valence electrons. The molecule has 1 saturated heterocycles. The summed E-state index contributed by atoms with van der Waals surface area (Å²) in [5.41, 5.74) is 4.02. The maximum absolute atomic E-state index is 12.7. The highest BCUT2D eigenvalue weighted by molar-refractivity contribution is 6.36. The number of ketones is 1. The molecule has 0 saturated carbocycles. The molecule has 0 aromatic heterocycles. The summed E-state index contributed by atoms with van der Waals surface area (Å²) in [6, 6.07) is 19.2. The lowest BCUT2D eigenvalue weighted by Crippen LogP contribution is -2.53. The Balaban J connectivity index is 1.32. The van der Waals surface area contributed by atoms with Gasteiger partial charge in [0.1, 0.15) is 0 Å². The number of likely N-dealkylation sites (N-methyl/N-ethyl adjacent to an activating group) is 1. The number of carbonyl (C=O) groups is 2. The van der Waals surface area contributed by atoms with E-state index in [1.165, 1.54) is 11.1 Å². The van der Waals surface area contributed by atoms with Gasteiger partial charge in [0, 0.05) is 32.1 Å². The number of nitrogens with zero attached hydrogens (tertiary/aromatic N) is 2. The zero-order valence-corrected chi connectivity index (χ0v) is 17.2. The van der Waals surface area contributed by atoms with Crippen LogP contribution in [0.3, 0.4) is 0 Å².